The van der Waals surface area contributed by atoms with Gasteiger partial charge in [0.2, 0.25) is 0 Å². The summed E-state index contributed by atoms with van der Waals surface area (Å²) in [6.45, 7) is 2.08. The van der Waals surface area contributed by atoms with Crippen molar-refractivity contribution < 1.29 is 50.7 Å². The summed E-state index contributed by atoms with van der Waals surface area (Å²) in [5, 5.41) is 2.66. The molecule has 3 aromatic rings. The van der Waals surface area contributed by atoms with E-state index in [2.05, 4.69) is 61.5 Å². The van der Waals surface area contributed by atoms with Gasteiger partial charge in [-0.15, -0.1) is 29.7 Å². The zero-order valence-corrected chi connectivity index (χ0v) is 15.2. The molecule has 0 bridgehead atoms. The molecule has 0 saturated heterocycles. The van der Waals surface area contributed by atoms with Crippen molar-refractivity contribution in [3.05, 3.63) is 72.3 Å². The summed E-state index contributed by atoms with van der Waals surface area (Å²) in [6, 6.07) is 22.9. The molecule has 3 heteroatoms. The van der Waals surface area contributed by atoms with Crippen LogP contribution >= 0.6 is 0 Å². The van der Waals surface area contributed by atoms with E-state index in [1.54, 1.807) is 0 Å². The van der Waals surface area contributed by atoms with Crippen LogP contribution in [-0.4, -0.2) is 0 Å². The van der Waals surface area contributed by atoms with E-state index < -0.39 is 0 Å². The Morgan fingerprint density at radius 1 is 0.889 bits per heavy atom. The molecule has 0 saturated carbocycles. The summed E-state index contributed by atoms with van der Waals surface area (Å²) in [7, 11) is 0. The van der Waals surface area contributed by atoms with Crippen LogP contribution in [0.4, 0.5) is 0 Å². The monoisotopic (exact) mass is 444 g/mol. The van der Waals surface area contributed by atoms with Crippen molar-refractivity contribution >= 4 is 10.8 Å². The Hall–Kier alpha value is -0.370. The molecule has 0 unspecified atom stereocenters. The fourth-order valence-electron chi connectivity index (χ4n) is 1.54. The molecule has 0 radical (unpaired) electrons. The van der Waals surface area contributed by atoms with Crippen LogP contribution in [0, 0.1) is 6.92 Å². The second-order valence-corrected chi connectivity index (χ2v) is 3.62. The first-order valence-corrected chi connectivity index (χ1v) is 5.15. The minimum Gasteiger partial charge on any atom is -1.00 e. The molecule has 18 heavy (non-hydrogen) atoms. The molecule has 0 aliphatic carbocycles. The van der Waals surface area contributed by atoms with Crippen LogP contribution in [0.1, 0.15) is 5.56 Å². The molecule has 0 fully saturated rings. The summed E-state index contributed by atoms with van der Waals surface area (Å²) in [5.41, 5.74) is 1.34. The molecule has 0 heterocycles. The molecule has 3 rings (SSSR count). The molecule has 0 aliphatic rings. The minimum absolute atomic E-state index is 0. The molecular weight excluding hydrogens is 430 g/mol. The van der Waals surface area contributed by atoms with E-state index in [0.29, 0.717) is 0 Å². The van der Waals surface area contributed by atoms with E-state index in [9.17, 15) is 0 Å². The molecule has 0 atom stereocenters. The van der Waals surface area contributed by atoms with Crippen LogP contribution in [0.3, 0.4) is 0 Å². The number of hydrogen-bond acceptors (Lipinski definition) is 0. The first-order valence-electron chi connectivity index (χ1n) is 5.15. The maximum absolute atomic E-state index is 2.12. The molecule has 0 aliphatic heterocycles. The Morgan fingerprint density at radius 2 is 1.61 bits per heavy atom. The van der Waals surface area contributed by atoms with Gasteiger partial charge in [0.05, 0.1) is 0 Å². The third-order valence-electron chi connectivity index (χ3n) is 2.38. The van der Waals surface area contributed by atoms with Crippen molar-refractivity contribution in [2.75, 3.05) is 0 Å². The van der Waals surface area contributed by atoms with E-state index >= 15 is 0 Å². The number of benzene rings is 1. The standard InChI is InChI=1S/C9H7.C6H7.2ClH.Hf/c1-2-5-9-7-3-6-8(9)4-1;1-6-4-2-3-5-6;;;/h1-7H;2-5H,1H3;2*1H;/q2*-1;;;+4/p-2. The zero-order chi connectivity index (χ0) is 10.5. The van der Waals surface area contributed by atoms with Gasteiger partial charge in [-0.1, -0.05) is 13.0 Å². The maximum atomic E-state index is 2.12. The Balaban J connectivity index is 0. The van der Waals surface area contributed by atoms with Gasteiger partial charge >= 0.3 is 25.8 Å². The number of fused-ring (bicyclic) bond motifs is 1. The molecule has 0 amide bonds. The number of hydrogen-bond donors (Lipinski definition) is 0. The zero-order valence-electron chi connectivity index (χ0n) is 10.1. The van der Waals surface area contributed by atoms with Crippen LogP contribution in [0.25, 0.3) is 10.8 Å². The van der Waals surface area contributed by atoms with E-state index in [4.69, 9.17) is 0 Å². The van der Waals surface area contributed by atoms with Crippen LogP contribution in [0.2, 0.25) is 0 Å². The van der Waals surface area contributed by atoms with Gasteiger partial charge in [-0.05, 0) is 0 Å². The molecule has 92 valence electrons. The molecule has 0 aromatic heterocycles. The Kier molecular flexibility index (Phi) is 11.7. The van der Waals surface area contributed by atoms with Gasteiger partial charge in [0.1, 0.15) is 0 Å². The molecule has 0 nitrogen and oxygen atoms in total. The van der Waals surface area contributed by atoms with Crippen molar-refractivity contribution in [1.82, 2.24) is 0 Å². The van der Waals surface area contributed by atoms with Crippen molar-refractivity contribution in [3.8, 4) is 0 Å². The molecule has 3 aromatic carbocycles. The fourth-order valence-corrected chi connectivity index (χ4v) is 1.54. The first kappa shape index (κ1) is 20.0. The molecule has 0 N–H and O–H groups in total. The third kappa shape index (κ3) is 5.99. The third-order valence-corrected chi connectivity index (χ3v) is 2.38. The SMILES string of the molecule is Cc1cc[cH-]c1.[Cl-].[Cl-].[Hf+4].c1ccc2[cH-]ccc2c1. The predicted octanol–water partition coefficient (Wildman–Crippen LogP) is -1.72. The maximum Gasteiger partial charge on any atom is 4.00 e. The van der Waals surface area contributed by atoms with E-state index in [1.807, 2.05) is 12.1 Å². The Labute approximate surface area is 140 Å². The molecular formula is C15H14Cl2Hf. The molecule has 0 spiro atoms. The average Bonchev–Trinajstić information content (AvgIpc) is 2.88. The predicted molar refractivity (Wildman–Crippen MR) is 66.3 cm³/mol. The van der Waals surface area contributed by atoms with E-state index in [1.165, 1.54) is 16.3 Å². The number of halogens is 2. The second-order valence-electron chi connectivity index (χ2n) is 3.62. The Bertz CT molecular complexity index is 482. The van der Waals surface area contributed by atoms with Gasteiger partial charge in [-0.3, -0.25) is 0 Å². The summed E-state index contributed by atoms with van der Waals surface area (Å²) >= 11 is 0. The smallest absolute Gasteiger partial charge is 1.00 e. The minimum atomic E-state index is 0. The van der Waals surface area contributed by atoms with Crippen molar-refractivity contribution in [3.63, 3.8) is 0 Å². The van der Waals surface area contributed by atoms with Crippen molar-refractivity contribution in [2.24, 2.45) is 0 Å². The number of rotatable bonds is 0. The van der Waals surface area contributed by atoms with Crippen molar-refractivity contribution in [2.45, 2.75) is 6.92 Å². The normalized spacial score (nSPS) is 8.06. The van der Waals surface area contributed by atoms with Gasteiger partial charge < -0.3 is 24.8 Å². The Morgan fingerprint density at radius 3 is 2.11 bits per heavy atom. The van der Waals surface area contributed by atoms with Gasteiger partial charge in [-0.2, -0.15) is 35.7 Å². The number of aryl methyl sites for hydroxylation is 1. The average molecular weight is 444 g/mol. The fraction of sp³-hybridized carbons (Fsp3) is 0.0667. The summed E-state index contributed by atoms with van der Waals surface area (Å²) in [4.78, 5) is 0. The van der Waals surface area contributed by atoms with Gasteiger partial charge in [0.15, 0.2) is 0 Å². The van der Waals surface area contributed by atoms with Crippen LogP contribution < -0.4 is 24.8 Å². The first-order chi connectivity index (χ1) is 7.36. The summed E-state index contributed by atoms with van der Waals surface area (Å²) < 4.78 is 0. The largest absolute Gasteiger partial charge is 4.00 e. The topological polar surface area (TPSA) is 0 Å². The van der Waals surface area contributed by atoms with Gasteiger partial charge in [-0.25, -0.2) is 11.6 Å². The quantitative estimate of drug-likeness (QED) is 0.286. The second kappa shape index (κ2) is 10.5. The van der Waals surface area contributed by atoms with E-state index in [-0.39, 0.29) is 50.7 Å². The summed E-state index contributed by atoms with van der Waals surface area (Å²) in [6.07, 6.45) is 0. The van der Waals surface area contributed by atoms with Crippen molar-refractivity contribution in [1.29, 1.82) is 0 Å². The van der Waals surface area contributed by atoms with Crippen LogP contribution in [-0.2, 0) is 25.8 Å². The van der Waals surface area contributed by atoms with Gasteiger partial charge in [0.25, 0.3) is 0 Å². The van der Waals surface area contributed by atoms with Crippen LogP contribution in [0.15, 0.2) is 66.7 Å². The van der Waals surface area contributed by atoms with E-state index in [0.717, 1.165) is 0 Å². The van der Waals surface area contributed by atoms with Gasteiger partial charge in [0, 0.05) is 0 Å². The summed E-state index contributed by atoms with van der Waals surface area (Å²) in [5.74, 6) is 0. The van der Waals surface area contributed by atoms with Crippen LogP contribution in [0.5, 0.6) is 0 Å².